The zero-order valence-corrected chi connectivity index (χ0v) is 23.0. The van der Waals surface area contributed by atoms with E-state index >= 15 is 0 Å². The summed E-state index contributed by atoms with van der Waals surface area (Å²) in [5.74, 6) is 1.39. The number of halogens is 2. The van der Waals surface area contributed by atoms with Gasteiger partial charge >= 0.3 is 0 Å². The SMILES string of the molecule is COc1ccc(OC)c(-c2cc(-c3ccccc3)nc(SCCC(=O)Nc3cc(Cl)ccc3Cl)c2C#N)c1. The van der Waals surface area contributed by atoms with Crippen LogP contribution in [0.3, 0.4) is 0 Å². The van der Waals surface area contributed by atoms with E-state index in [4.69, 9.17) is 37.7 Å². The number of anilines is 1. The van der Waals surface area contributed by atoms with Crippen LogP contribution in [0.4, 0.5) is 5.69 Å². The quantitative estimate of drug-likeness (QED) is 0.210. The average Bonchev–Trinajstić information content (AvgIpc) is 2.94. The van der Waals surface area contributed by atoms with E-state index in [2.05, 4.69) is 11.4 Å². The number of ether oxygens (including phenoxy) is 2. The predicted molar refractivity (Wildman–Crippen MR) is 153 cm³/mol. The molecule has 0 radical (unpaired) electrons. The second-order valence-electron chi connectivity index (χ2n) is 8.05. The summed E-state index contributed by atoms with van der Waals surface area (Å²) in [4.78, 5) is 17.4. The summed E-state index contributed by atoms with van der Waals surface area (Å²) >= 11 is 13.5. The number of methoxy groups -OCH3 is 2. The standard InChI is InChI=1S/C29H23Cl2N3O3S/c1-36-20-9-11-27(37-2)22(15-20)21-16-25(18-6-4-3-5-7-18)34-29(23(21)17-32)38-13-12-28(35)33-26-14-19(30)8-10-24(26)31/h3-11,14-16H,12-13H2,1-2H3,(H,33,35). The number of hydrogen-bond acceptors (Lipinski definition) is 6. The van der Waals surface area contributed by atoms with Crippen molar-refractivity contribution in [1.82, 2.24) is 4.98 Å². The van der Waals surface area contributed by atoms with Crippen LogP contribution in [-0.2, 0) is 4.79 Å². The number of carbonyl (C=O) groups is 1. The molecule has 0 aliphatic rings. The van der Waals surface area contributed by atoms with Gasteiger partial charge in [0.1, 0.15) is 22.6 Å². The number of hydrogen-bond donors (Lipinski definition) is 1. The van der Waals surface area contributed by atoms with Gasteiger partial charge in [-0.3, -0.25) is 4.79 Å². The number of benzene rings is 3. The van der Waals surface area contributed by atoms with Crippen LogP contribution in [-0.4, -0.2) is 30.9 Å². The summed E-state index contributed by atoms with van der Waals surface area (Å²) in [6.07, 6.45) is 0.174. The lowest BCUT2D eigenvalue weighted by atomic mass is 9.98. The lowest BCUT2D eigenvalue weighted by molar-refractivity contribution is -0.115. The first-order valence-electron chi connectivity index (χ1n) is 11.5. The van der Waals surface area contributed by atoms with Gasteiger partial charge in [-0.1, -0.05) is 53.5 Å². The van der Waals surface area contributed by atoms with Crippen molar-refractivity contribution < 1.29 is 14.3 Å². The zero-order valence-electron chi connectivity index (χ0n) is 20.6. The molecule has 0 saturated carbocycles. The number of carbonyl (C=O) groups excluding carboxylic acids is 1. The van der Waals surface area contributed by atoms with Crippen molar-refractivity contribution >= 4 is 46.6 Å². The first-order valence-corrected chi connectivity index (χ1v) is 13.3. The van der Waals surface area contributed by atoms with E-state index in [-0.39, 0.29) is 12.3 Å². The summed E-state index contributed by atoms with van der Waals surface area (Å²) in [5.41, 5.74) is 3.80. The van der Waals surface area contributed by atoms with E-state index < -0.39 is 0 Å². The van der Waals surface area contributed by atoms with Gasteiger partial charge in [0, 0.05) is 33.9 Å². The molecule has 0 atom stereocenters. The van der Waals surface area contributed by atoms with E-state index in [1.165, 1.54) is 11.8 Å². The molecule has 1 N–H and O–H groups in total. The maximum atomic E-state index is 12.6. The van der Waals surface area contributed by atoms with Crippen molar-refractivity contribution in [2.24, 2.45) is 0 Å². The Bertz CT molecular complexity index is 1510. The van der Waals surface area contributed by atoms with Crippen LogP contribution in [0.5, 0.6) is 11.5 Å². The van der Waals surface area contributed by atoms with E-state index in [9.17, 15) is 10.1 Å². The Labute approximate surface area is 235 Å². The Morgan fingerprint density at radius 3 is 2.50 bits per heavy atom. The lowest BCUT2D eigenvalue weighted by Gasteiger charge is -2.16. The number of nitrogens with one attached hydrogen (secondary N) is 1. The van der Waals surface area contributed by atoms with Crippen LogP contribution in [0.2, 0.25) is 10.0 Å². The molecule has 0 fully saturated rings. The number of thioether (sulfide) groups is 1. The minimum absolute atomic E-state index is 0.174. The minimum atomic E-state index is -0.228. The molecule has 6 nitrogen and oxygen atoms in total. The molecule has 0 aliphatic carbocycles. The van der Waals surface area contributed by atoms with Gasteiger partial charge in [-0.25, -0.2) is 4.98 Å². The van der Waals surface area contributed by atoms with Crippen LogP contribution in [0.15, 0.2) is 77.8 Å². The third kappa shape index (κ3) is 6.40. The number of amides is 1. The molecule has 0 aliphatic heterocycles. The highest BCUT2D eigenvalue weighted by Crippen LogP contribution is 2.40. The highest BCUT2D eigenvalue weighted by atomic mass is 35.5. The van der Waals surface area contributed by atoms with Crippen molar-refractivity contribution in [1.29, 1.82) is 5.26 Å². The predicted octanol–water partition coefficient (Wildman–Crippen LogP) is 7.73. The van der Waals surface area contributed by atoms with Crippen LogP contribution in [0.1, 0.15) is 12.0 Å². The largest absolute Gasteiger partial charge is 0.497 e. The Morgan fingerprint density at radius 2 is 1.79 bits per heavy atom. The Balaban J connectivity index is 1.68. The van der Waals surface area contributed by atoms with Crippen LogP contribution in [0, 0.1) is 11.3 Å². The number of nitriles is 1. The molecule has 38 heavy (non-hydrogen) atoms. The molecule has 192 valence electrons. The third-order valence-electron chi connectivity index (χ3n) is 5.63. The molecule has 0 unspecified atom stereocenters. The summed E-state index contributed by atoms with van der Waals surface area (Å²) in [6.45, 7) is 0. The van der Waals surface area contributed by atoms with Gasteiger partial charge in [0.2, 0.25) is 5.91 Å². The van der Waals surface area contributed by atoms with E-state index in [1.54, 1.807) is 44.6 Å². The van der Waals surface area contributed by atoms with Crippen LogP contribution >= 0.6 is 35.0 Å². The maximum Gasteiger partial charge on any atom is 0.225 e. The van der Waals surface area contributed by atoms with Gasteiger partial charge in [0.15, 0.2) is 0 Å². The lowest BCUT2D eigenvalue weighted by Crippen LogP contribution is -2.12. The Hall–Kier alpha value is -3.70. The third-order valence-corrected chi connectivity index (χ3v) is 7.18. The second-order valence-corrected chi connectivity index (χ2v) is 9.98. The number of pyridine rings is 1. The van der Waals surface area contributed by atoms with Gasteiger partial charge in [0.05, 0.1) is 36.2 Å². The number of nitrogens with zero attached hydrogens (tertiary/aromatic N) is 2. The average molecular weight is 564 g/mol. The van der Waals surface area contributed by atoms with E-state index in [0.717, 1.165) is 5.56 Å². The number of aromatic nitrogens is 1. The van der Waals surface area contributed by atoms with Gasteiger partial charge in [-0.2, -0.15) is 5.26 Å². The molecule has 9 heteroatoms. The summed E-state index contributed by atoms with van der Waals surface area (Å²) in [7, 11) is 3.17. The van der Waals surface area contributed by atoms with Crippen molar-refractivity contribution in [2.45, 2.75) is 11.4 Å². The first-order chi connectivity index (χ1) is 18.4. The molecular formula is C29H23Cl2N3O3S. The van der Waals surface area contributed by atoms with Crippen molar-refractivity contribution in [3.8, 4) is 40.0 Å². The fourth-order valence-corrected chi connectivity index (χ4v) is 5.05. The van der Waals surface area contributed by atoms with E-state index in [1.807, 2.05) is 42.5 Å². The van der Waals surface area contributed by atoms with E-state index in [0.29, 0.717) is 60.4 Å². The van der Waals surface area contributed by atoms with Crippen LogP contribution < -0.4 is 14.8 Å². The van der Waals surface area contributed by atoms with Crippen LogP contribution in [0.25, 0.3) is 22.4 Å². The maximum absolute atomic E-state index is 12.6. The topological polar surface area (TPSA) is 84.2 Å². The molecule has 0 bridgehead atoms. The van der Waals surface area contributed by atoms with Crippen molar-refractivity contribution in [2.75, 3.05) is 25.3 Å². The highest BCUT2D eigenvalue weighted by Gasteiger charge is 2.19. The Kier molecular flexibility index (Phi) is 9.14. The smallest absolute Gasteiger partial charge is 0.225 e. The molecule has 1 heterocycles. The first kappa shape index (κ1) is 27.3. The second kappa shape index (κ2) is 12.7. The monoisotopic (exact) mass is 563 g/mol. The highest BCUT2D eigenvalue weighted by molar-refractivity contribution is 7.99. The molecule has 3 aromatic carbocycles. The number of rotatable bonds is 9. The molecular weight excluding hydrogens is 541 g/mol. The Morgan fingerprint density at radius 1 is 1.00 bits per heavy atom. The van der Waals surface area contributed by atoms with Crippen molar-refractivity contribution in [3.05, 3.63) is 88.4 Å². The molecule has 0 saturated heterocycles. The normalized spacial score (nSPS) is 10.5. The zero-order chi connectivity index (χ0) is 27.1. The summed E-state index contributed by atoms with van der Waals surface area (Å²) in [6, 6.07) is 24.2. The fourth-order valence-electron chi connectivity index (χ4n) is 3.77. The molecule has 4 aromatic rings. The van der Waals surface area contributed by atoms with Gasteiger partial charge < -0.3 is 14.8 Å². The van der Waals surface area contributed by atoms with Crippen molar-refractivity contribution in [3.63, 3.8) is 0 Å². The molecule has 0 spiro atoms. The molecule has 1 aromatic heterocycles. The molecule has 1 amide bonds. The van der Waals surface area contributed by atoms with Gasteiger partial charge in [-0.05, 0) is 42.5 Å². The van der Waals surface area contributed by atoms with Gasteiger partial charge in [0.25, 0.3) is 0 Å². The fraction of sp³-hybridized carbons (Fsp3) is 0.138. The molecule has 4 rings (SSSR count). The summed E-state index contributed by atoms with van der Waals surface area (Å²) in [5, 5.41) is 14.4. The summed E-state index contributed by atoms with van der Waals surface area (Å²) < 4.78 is 11.0. The van der Waals surface area contributed by atoms with Gasteiger partial charge in [-0.15, -0.1) is 11.8 Å². The minimum Gasteiger partial charge on any atom is -0.497 e.